The normalized spacial score (nSPS) is 13.2. The van der Waals surface area contributed by atoms with Crippen LogP contribution >= 0.6 is 0 Å². The fourth-order valence-electron chi connectivity index (χ4n) is 2.19. The molecule has 0 rings (SSSR count). The van der Waals surface area contributed by atoms with E-state index in [0.717, 1.165) is 13.2 Å². The van der Waals surface area contributed by atoms with Gasteiger partial charge in [-0.15, -0.1) is 0 Å². The first kappa shape index (κ1) is 17.9. The van der Waals surface area contributed by atoms with Gasteiger partial charge in [-0.2, -0.15) is 0 Å². The van der Waals surface area contributed by atoms with Gasteiger partial charge in [0.1, 0.15) is 0 Å². The van der Waals surface area contributed by atoms with Gasteiger partial charge in [-0.1, -0.05) is 58.8 Å². The van der Waals surface area contributed by atoms with Gasteiger partial charge in [0.2, 0.25) is 0 Å². The highest BCUT2D eigenvalue weighted by Gasteiger charge is 2.07. The van der Waals surface area contributed by atoms with E-state index in [2.05, 4.69) is 33.0 Å². The summed E-state index contributed by atoms with van der Waals surface area (Å²) in [6.45, 7) is 10.6. The van der Waals surface area contributed by atoms with Crippen LogP contribution in [0.15, 0.2) is 0 Å². The Labute approximate surface area is 115 Å². The predicted molar refractivity (Wildman–Crippen MR) is 81.2 cm³/mol. The molecule has 1 unspecified atom stereocenters. The predicted octanol–water partition coefficient (Wildman–Crippen LogP) is 4.53. The standard InChI is InChI=1S/C16H35NO/c1-5-7-8-9-10-11-12-13-16(17-6-2)14-18-15(3)4/h15-17H,5-14H2,1-4H3. The molecule has 0 aliphatic rings. The number of unbranched alkanes of at least 4 members (excludes halogenated alkanes) is 6. The van der Waals surface area contributed by atoms with E-state index in [1.54, 1.807) is 0 Å². The largest absolute Gasteiger partial charge is 0.377 e. The van der Waals surface area contributed by atoms with Gasteiger partial charge in [-0.25, -0.2) is 0 Å². The lowest BCUT2D eigenvalue weighted by Gasteiger charge is -2.19. The van der Waals surface area contributed by atoms with Crippen molar-refractivity contribution >= 4 is 0 Å². The lowest BCUT2D eigenvalue weighted by Crippen LogP contribution is -2.34. The minimum atomic E-state index is 0.347. The van der Waals surface area contributed by atoms with E-state index in [1.807, 2.05) is 0 Å². The van der Waals surface area contributed by atoms with Crippen molar-refractivity contribution in [3.05, 3.63) is 0 Å². The lowest BCUT2D eigenvalue weighted by molar-refractivity contribution is 0.0593. The minimum Gasteiger partial charge on any atom is -0.377 e. The molecule has 0 amide bonds. The van der Waals surface area contributed by atoms with Gasteiger partial charge in [0.25, 0.3) is 0 Å². The molecule has 0 spiro atoms. The minimum absolute atomic E-state index is 0.347. The molecule has 0 saturated carbocycles. The van der Waals surface area contributed by atoms with E-state index in [9.17, 15) is 0 Å². The fraction of sp³-hybridized carbons (Fsp3) is 1.00. The van der Waals surface area contributed by atoms with Crippen LogP contribution < -0.4 is 5.32 Å². The molecule has 0 aliphatic carbocycles. The molecule has 1 atom stereocenters. The van der Waals surface area contributed by atoms with E-state index < -0.39 is 0 Å². The average Bonchev–Trinajstić information content (AvgIpc) is 2.34. The first-order valence-corrected chi connectivity index (χ1v) is 8.05. The summed E-state index contributed by atoms with van der Waals surface area (Å²) in [5.74, 6) is 0. The molecule has 110 valence electrons. The molecule has 2 nitrogen and oxygen atoms in total. The second-order valence-electron chi connectivity index (χ2n) is 5.55. The Hall–Kier alpha value is -0.0800. The van der Waals surface area contributed by atoms with Gasteiger partial charge in [-0.05, 0) is 26.8 Å². The Morgan fingerprint density at radius 1 is 0.889 bits per heavy atom. The summed E-state index contributed by atoms with van der Waals surface area (Å²) < 4.78 is 5.70. The highest BCUT2D eigenvalue weighted by Crippen LogP contribution is 2.10. The molecular formula is C16H35NO. The summed E-state index contributed by atoms with van der Waals surface area (Å²) in [5, 5.41) is 3.52. The summed E-state index contributed by atoms with van der Waals surface area (Å²) in [6, 6.07) is 0.549. The van der Waals surface area contributed by atoms with E-state index in [1.165, 1.54) is 51.4 Å². The van der Waals surface area contributed by atoms with Gasteiger partial charge in [0, 0.05) is 6.04 Å². The Balaban J connectivity index is 3.45. The van der Waals surface area contributed by atoms with Crippen molar-refractivity contribution in [1.29, 1.82) is 0 Å². The summed E-state index contributed by atoms with van der Waals surface area (Å²) in [6.07, 6.45) is 11.3. The summed E-state index contributed by atoms with van der Waals surface area (Å²) in [5.41, 5.74) is 0. The van der Waals surface area contributed by atoms with Gasteiger partial charge in [0.15, 0.2) is 0 Å². The maximum atomic E-state index is 5.70. The van der Waals surface area contributed by atoms with Crippen molar-refractivity contribution in [2.24, 2.45) is 0 Å². The van der Waals surface area contributed by atoms with Crippen molar-refractivity contribution in [1.82, 2.24) is 5.32 Å². The number of ether oxygens (including phenoxy) is 1. The second-order valence-corrected chi connectivity index (χ2v) is 5.55. The molecular weight excluding hydrogens is 222 g/mol. The first-order chi connectivity index (χ1) is 8.70. The SMILES string of the molecule is CCCCCCCCCC(COC(C)C)NCC. The maximum Gasteiger partial charge on any atom is 0.0623 e. The Kier molecular flexibility index (Phi) is 13.3. The third-order valence-electron chi connectivity index (χ3n) is 3.28. The van der Waals surface area contributed by atoms with E-state index >= 15 is 0 Å². The highest BCUT2D eigenvalue weighted by atomic mass is 16.5. The van der Waals surface area contributed by atoms with Crippen LogP contribution in [0.1, 0.15) is 79.1 Å². The van der Waals surface area contributed by atoms with Gasteiger partial charge < -0.3 is 10.1 Å². The molecule has 0 saturated heterocycles. The molecule has 2 heteroatoms. The van der Waals surface area contributed by atoms with Crippen LogP contribution in [0.2, 0.25) is 0 Å². The zero-order chi connectivity index (χ0) is 13.6. The van der Waals surface area contributed by atoms with E-state index in [4.69, 9.17) is 4.74 Å². The third-order valence-corrected chi connectivity index (χ3v) is 3.28. The fourth-order valence-corrected chi connectivity index (χ4v) is 2.19. The molecule has 0 bridgehead atoms. The zero-order valence-corrected chi connectivity index (χ0v) is 13.1. The number of hydrogen-bond donors (Lipinski definition) is 1. The maximum absolute atomic E-state index is 5.70. The number of likely N-dealkylation sites (N-methyl/N-ethyl adjacent to an activating group) is 1. The second kappa shape index (κ2) is 13.4. The molecule has 0 heterocycles. The Bertz CT molecular complexity index is 159. The van der Waals surface area contributed by atoms with Crippen LogP contribution in [0.4, 0.5) is 0 Å². The van der Waals surface area contributed by atoms with Gasteiger partial charge >= 0.3 is 0 Å². The molecule has 0 fully saturated rings. The van der Waals surface area contributed by atoms with Crippen LogP contribution in [0.3, 0.4) is 0 Å². The average molecular weight is 257 g/mol. The molecule has 18 heavy (non-hydrogen) atoms. The summed E-state index contributed by atoms with van der Waals surface area (Å²) in [4.78, 5) is 0. The molecule has 0 aromatic carbocycles. The van der Waals surface area contributed by atoms with Crippen LogP contribution in [-0.4, -0.2) is 25.3 Å². The topological polar surface area (TPSA) is 21.3 Å². The summed E-state index contributed by atoms with van der Waals surface area (Å²) in [7, 11) is 0. The molecule has 1 N–H and O–H groups in total. The number of rotatable bonds is 13. The van der Waals surface area contributed by atoms with Crippen molar-refractivity contribution in [2.75, 3.05) is 13.2 Å². The Morgan fingerprint density at radius 2 is 1.50 bits per heavy atom. The van der Waals surface area contributed by atoms with Crippen molar-refractivity contribution < 1.29 is 4.74 Å². The van der Waals surface area contributed by atoms with E-state index in [-0.39, 0.29) is 0 Å². The molecule has 0 aromatic rings. The number of nitrogens with one attached hydrogen (secondary N) is 1. The molecule has 0 aliphatic heterocycles. The lowest BCUT2D eigenvalue weighted by atomic mass is 10.1. The van der Waals surface area contributed by atoms with E-state index in [0.29, 0.717) is 12.1 Å². The smallest absolute Gasteiger partial charge is 0.0623 e. The zero-order valence-electron chi connectivity index (χ0n) is 13.1. The first-order valence-electron chi connectivity index (χ1n) is 8.05. The molecule has 0 aromatic heterocycles. The Morgan fingerprint density at radius 3 is 2.06 bits per heavy atom. The highest BCUT2D eigenvalue weighted by molar-refractivity contribution is 4.65. The van der Waals surface area contributed by atoms with Crippen molar-refractivity contribution in [3.8, 4) is 0 Å². The number of hydrogen-bond acceptors (Lipinski definition) is 2. The third kappa shape index (κ3) is 12.4. The van der Waals surface area contributed by atoms with Crippen LogP contribution in [0.25, 0.3) is 0 Å². The van der Waals surface area contributed by atoms with Gasteiger partial charge in [-0.3, -0.25) is 0 Å². The van der Waals surface area contributed by atoms with Crippen LogP contribution in [0.5, 0.6) is 0 Å². The van der Waals surface area contributed by atoms with Crippen LogP contribution in [0, 0.1) is 0 Å². The van der Waals surface area contributed by atoms with Crippen LogP contribution in [-0.2, 0) is 4.74 Å². The molecule has 0 radical (unpaired) electrons. The summed E-state index contributed by atoms with van der Waals surface area (Å²) >= 11 is 0. The van der Waals surface area contributed by atoms with Gasteiger partial charge in [0.05, 0.1) is 12.7 Å². The monoisotopic (exact) mass is 257 g/mol. The quantitative estimate of drug-likeness (QED) is 0.489. The van der Waals surface area contributed by atoms with Crippen molar-refractivity contribution in [3.63, 3.8) is 0 Å². The van der Waals surface area contributed by atoms with Crippen molar-refractivity contribution in [2.45, 2.75) is 91.2 Å².